The molecule has 19 heavy (non-hydrogen) atoms. The van der Waals surface area contributed by atoms with Crippen LogP contribution in [0.2, 0.25) is 0 Å². The summed E-state index contributed by atoms with van der Waals surface area (Å²) >= 11 is 4.61. The first-order valence-corrected chi connectivity index (χ1v) is 6.99. The molecule has 1 amide bonds. The minimum Gasteiger partial charge on any atom is -0.478 e. The van der Waals surface area contributed by atoms with E-state index in [-0.39, 0.29) is 11.5 Å². The maximum atomic E-state index is 12.0. The summed E-state index contributed by atoms with van der Waals surface area (Å²) < 4.78 is 0.869. The van der Waals surface area contributed by atoms with Crippen LogP contribution in [0.5, 0.6) is 0 Å². The number of anilines is 1. The van der Waals surface area contributed by atoms with Crippen LogP contribution in [0.1, 0.15) is 25.6 Å². The number of carbonyl (C=O) groups excluding carboxylic acids is 1. The van der Waals surface area contributed by atoms with Gasteiger partial charge in [-0.1, -0.05) is 6.07 Å². The topological polar surface area (TPSA) is 66.4 Å². The number of nitrogens with one attached hydrogen (secondary N) is 1. The molecule has 0 aliphatic carbocycles. The Morgan fingerprint density at radius 2 is 2.00 bits per heavy atom. The Bertz CT molecular complexity index is 651. The fraction of sp³-hybridized carbons (Fsp3) is 0.0769. The van der Waals surface area contributed by atoms with Gasteiger partial charge in [0.15, 0.2) is 0 Å². The highest BCUT2D eigenvalue weighted by Gasteiger charge is 2.13. The van der Waals surface area contributed by atoms with Crippen molar-refractivity contribution >= 4 is 44.8 Å². The lowest BCUT2D eigenvalue weighted by atomic mass is 10.1. The van der Waals surface area contributed by atoms with Crippen molar-refractivity contribution in [2.75, 3.05) is 5.32 Å². The molecule has 0 aliphatic heterocycles. The van der Waals surface area contributed by atoms with E-state index in [4.69, 9.17) is 5.11 Å². The van der Waals surface area contributed by atoms with E-state index in [0.717, 1.165) is 3.79 Å². The summed E-state index contributed by atoms with van der Waals surface area (Å²) in [5, 5.41) is 11.8. The third-order valence-corrected chi connectivity index (χ3v) is 4.23. The van der Waals surface area contributed by atoms with Gasteiger partial charge in [0.2, 0.25) is 0 Å². The van der Waals surface area contributed by atoms with Gasteiger partial charge in [-0.05, 0) is 52.7 Å². The van der Waals surface area contributed by atoms with Gasteiger partial charge in [-0.15, -0.1) is 11.3 Å². The Kier molecular flexibility index (Phi) is 4.01. The first-order chi connectivity index (χ1) is 8.99. The Morgan fingerprint density at radius 1 is 1.26 bits per heavy atom. The van der Waals surface area contributed by atoms with Gasteiger partial charge in [0.1, 0.15) is 0 Å². The van der Waals surface area contributed by atoms with Crippen LogP contribution in [0.25, 0.3) is 0 Å². The van der Waals surface area contributed by atoms with Gasteiger partial charge >= 0.3 is 5.97 Å². The minimum absolute atomic E-state index is 0.185. The summed E-state index contributed by atoms with van der Waals surface area (Å²) in [6.07, 6.45) is 0. The molecule has 98 valence electrons. The second-order valence-electron chi connectivity index (χ2n) is 3.84. The van der Waals surface area contributed by atoms with Gasteiger partial charge < -0.3 is 10.4 Å². The average Bonchev–Trinajstić information content (AvgIpc) is 2.78. The lowest BCUT2D eigenvalue weighted by Crippen LogP contribution is -2.12. The molecule has 4 nitrogen and oxygen atoms in total. The second kappa shape index (κ2) is 5.54. The molecule has 0 spiro atoms. The van der Waals surface area contributed by atoms with E-state index in [1.807, 2.05) is 0 Å². The molecule has 0 saturated carbocycles. The van der Waals surface area contributed by atoms with Gasteiger partial charge in [-0.3, -0.25) is 4.79 Å². The highest BCUT2D eigenvalue weighted by molar-refractivity contribution is 9.11. The summed E-state index contributed by atoms with van der Waals surface area (Å²) in [7, 11) is 0. The van der Waals surface area contributed by atoms with E-state index in [2.05, 4.69) is 21.2 Å². The predicted molar refractivity (Wildman–Crippen MR) is 78.1 cm³/mol. The quantitative estimate of drug-likeness (QED) is 0.894. The number of carboxylic acids is 1. The molecule has 2 N–H and O–H groups in total. The van der Waals surface area contributed by atoms with E-state index < -0.39 is 5.97 Å². The van der Waals surface area contributed by atoms with Crippen LogP contribution in [0.15, 0.2) is 34.1 Å². The van der Waals surface area contributed by atoms with Gasteiger partial charge in [-0.2, -0.15) is 0 Å². The fourth-order valence-corrected chi connectivity index (χ4v) is 2.90. The normalized spacial score (nSPS) is 10.2. The maximum Gasteiger partial charge on any atom is 0.336 e. The molecular weight excluding hydrogens is 330 g/mol. The van der Waals surface area contributed by atoms with Crippen molar-refractivity contribution in [1.29, 1.82) is 0 Å². The lowest BCUT2D eigenvalue weighted by molar-refractivity contribution is 0.0695. The Hall–Kier alpha value is -1.66. The first-order valence-electron chi connectivity index (χ1n) is 5.38. The minimum atomic E-state index is -1.01. The SMILES string of the molecule is Cc1c(NC(=O)c2ccc(Br)s2)cccc1C(=O)O. The predicted octanol–water partition coefficient (Wildman–Crippen LogP) is 3.77. The third kappa shape index (κ3) is 3.02. The van der Waals surface area contributed by atoms with Crippen LogP contribution in [-0.4, -0.2) is 17.0 Å². The largest absolute Gasteiger partial charge is 0.478 e. The van der Waals surface area contributed by atoms with E-state index in [9.17, 15) is 9.59 Å². The molecular formula is C13H10BrNO3S. The number of carboxylic acid groups (broad SMARTS) is 1. The molecule has 0 saturated heterocycles. The summed E-state index contributed by atoms with van der Waals surface area (Å²) in [4.78, 5) is 23.6. The second-order valence-corrected chi connectivity index (χ2v) is 6.30. The van der Waals surface area contributed by atoms with Gasteiger partial charge in [0, 0.05) is 5.69 Å². The number of hydrogen-bond acceptors (Lipinski definition) is 3. The first kappa shape index (κ1) is 13.8. The van der Waals surface area contributed by atoms with Crippen LogP contribution >= 0.6 is 27.3 Å². The zero-order valence-electron chi connectivity index (χ0n) is 9.94. The highest BCUT2D eigenvalue weighted by Crippen LogP contribution is 2.24. The third-order valence-electron chi connectivity index (χ3n) is 2.61. The molecule has 0 aliphatic rings. The maximum absolute atomic E-state index is 12.0. The summed E-state index contributed by atoms with van der Waals surface area (Å²) in [6.45, 7) is 1.67. The number of benzene rings is 1. The van der Waals surface area contributed by atoms with Crippen LogP contribution in [0, 0.1) is 6.92 Å². The van der Waals surface area contributed by atoms with Crippen molar-refractivity contribution in [2.45, 2.75) is 6.92 Å². The van der Waals surface area contributed by atoms with Crippen molar-refractivity contribution in [3.8, 4) is 0 Å². The number of carbonyl (C=O) groups is 2. The number of halogens is 1. The Morgan fingerprint density at radius 3 is 2.58 bits per heavy atom. The van der Waals surface area contributed by atoms with Crippen molar-refractivity contribution < 1.29 is 14.7 Å². The Balaban J connectivity index is 2.27. The standard InChI is InChI=1S/C13H10BrNO3S/c1-7-8(13(17)18)3-2-4-9(7)15-12(16)10-5-6-11(14)19-10/h2-6H,1H3,(H,15,16)(H,17,18). The van der Waals surface area contributed by atoms with Crippen LogP contribution in [-0.2, 0) is 0 Å². The molecule has 0 bridgehead atoms. The van der Waals surface area contributed by atoms with Crippen molar-refractivity contribution in [3.63, 3.8) is 0 Å². The summed E-state index contributed by atoms with van der Waals surface area (Å²) in [5.41, 5.74) is 1.23. The van der Waals surface area contributed by atoms with E-state index in [0.29, 0.717) is 16.1 Å². The van der Waals surface area contributed by atoms with Gasteiger partial charge in [-0.25, -0.2) is 4.79 Å². The zero-order chi connectivity index (χ0) is 14.0. The zero-order valence-corrected chi connectivity index (χ0v) is 12.3. The van der Waals surface area contributed by atoms with E-state index in [1.54, 1.807) is 31.2 Å². The molecule has 1 aromatic heterocycles. The summed E-state index contributed by atoms with van der Waals surface area (Å²) in [5.74, 6) is -1.26. The molecule has 0 fully saturated rings. The average molecular weight is 340 g/mol. The van der Waals surface area contributed by atoms with Gasteiger partial charge in [0.05, 0.1) is 14.2 Å². The molecule has 0 unspecified atom stereocenters. The fourth-order valence-electron chi connectivity index (χ4n) is 1.62. The molecule has 1 heterocycles. The van der Waals surface area contributed by atoms with Crippen molar-refractivity contribution in [3.05, 3.63) is 50.1 Å². The number of aromatic carboxylic acids is 1. The molecule has 6 heteroatoms. The van der Waals surface area contributed by atoms with E-state index in [1.165, 1.54) is 17.4 Å². The van der Waals surface area contributed by atoms with Gasteiger partial charge in [0.25, 0.3) is 5.91 Å². The molecule has 2 rings (SSSR count). The van der Waals surface area contributed by atoms with Crippen LogP contribution < -0.4 is 5.32 Å². The molecule has 0 atom stereocenters. The lowest BCUT2D eigenvalue weighted by Gasteiger charge is -2.09. The number of hydrogen-bond donors (Lipinski definition) is 2. The number of amides is 1. The molecule has 0 radical (unpaired) electrons. The highest BCUT2D eigenvalue weighted by atomic mass is 79.9. The van der Waals surface area contributed by atoms with E-state index >= 15 is 0 Å². The Labute approximate surface area is 122 Å². The van der Waals surface area contributed by atoms with Crippen LogP contribution in [0.4, 0.5) is 5.69 Å². The van der Waals surface area contributed by atoms with Crippen molar-refractivity contribution in [1.82, 2.24) is 0 Å². The summed E-state index contributed by atoms with van der Waals surface area (Å²) in [6, 6.07) is 8.30. The molecule has 2 aromatic rings. The van der Waals surface area contributed by atoms with Crippen molar-refractivity contribution in [2.24, 2.45) is 0 Å². The van der Waals surface area contributed by atoms with Crippen LogP contribution in [0.3, 0.4) is 0 Å². The smallest absolute Gasteiger partial charge is 0.336 e. The number of thiophene rings is 1. The monoisotopic (exact) mass is 339 g/mol. The molecule has 1 aromatic carbocycles. The number of rotatable bonds is 3.